The number of halogens is 2. The molecule has 0 aliphatic rings. The third kappa shape index (κ3) is 2.51. The molecule has 4 aromatic rings. The molecule has 0 aliphatic heterocycles. The third-order valence-corrected chi connectivity index (χ3v) is 5.02. The number of aromatic nitrogens is 4. The van der Waals surface area contributed by atoms with Gasteiger partial charge in [0, 0.05) is 16.1 Å². The van der Waals surface area contributed by atoms with Crippen molar-refractivity contribution in [2.75, 3.05) is 0 Å². The Morgan fingerprint density at radius 3 is 2.61 bits per heavy atom. The maximum atomic E-state index is 6.28. The fourth-order valence-corrected chi connectivity index (χ4v) is 3.80. The summed E-state index contributed by atoms with van der Waals surface area (Å²) < 4.78 is 1.72. The fraction of sp³-hybridized carbons (Fsp3) is 0.0625. The van der Waals surface area contributed by atoms with Crippen LogP contribution >= 0.6 is 34.5 Å². The zero-order chi connectivity index (χ0) is 16.0. The number of benzene rings is 2. The second-order valence-corrected chi connectivity index (χ2v) is 6.86. The lowest BCUT2D eigenvalue weighted by atomic mass is 10.1. The van der Waals surface area contributed by atoms with Gasteiger partial charge < -0.3 is 0 Å². The summed E-state index contributed by atoms with van der Waals surface area (Å²) in [5.74, 6) is 0.609. The monoisotopic (exact) mass is 360 g/mol. The Morgan fingerprint density at radius 1 is 1.00 bits per heavy atom. The fourth-order valence-electron chi connectivity index (χ4n) is 2.38. The Kier molecular flexibility index (Phi) is 3.56. The average Bonchev–Trinajstić information content (AvgIpc) is 3.09. The highest BCUT2D eigenvalue weighted by Gasteiger charge is 2.17. The van der Waals surface area contributed by atoms with Crippen molar-refractivity contribution in [1.29, 1.82) is 0 Å². The Labute approximate surface area is 146 Å². The van der Waals surface area contributed by atoms with Crippen LogP contribution < -0.4 is 0 Å². The van der Waals surface area contributed by atoms with Crippen LogP contribution in [0.15, 0.2) is 42.5 Å². The molecule has 0 amide bonds. The second kappa shape index (κ2) is 5.60. The molecule has 114 valence electrons. The molecule has 2 aromatic heterocycles. The number of nitrogens with zero attached hydrogens (tertiary/aromatic N) is 4. The van der Waals surface area contributed by atoms with E-state index in [0.29, 0.717) is 15.9 Å². The predicted molar refractivity (Wildman–Crippen MR) is 94.3 cm³/mol. The first-order valence-corrected chi connectivity index (χ1v) is 8.44. The van der Waals surface area contributed by atoms with Gasteiger partial charge in [0.1, 0.15) is 5.01 Å². The van der Waals surface area contributed by atoms with E-state index in [4.69, 9.17) is 23.2 Å². The minimum atomic E-state index is 0.525. The molecular weight excluding hydrogens is 351 g/mol. The van der Waals surface area contributed by atoms with Gasteiger partial charge in [-0.05, 0) is 30.7 Å². The molecule has 0 radical (unpaired) electrons. The standard InChI is InChI=1S/C16H10Cl2N4S/c1-9-4-2-3-5-11(9)15-21-22-14(19-20-16(22)23-15)12-7-6-10(17)8-13(12)18/h2-8H,1H3. The summed E-state index contributed by atoms with van der Waals surface area (Å²) in [4.78, 5) is 0.726. The van der Waals surface area contributed by atoms with Crippen LogP contribution in [0.1, 0.15) is 5.56 Å². The van der Waals surface area contributed by atoms with Gasteiger partial charge in [0.15, 0.2) is 5.82 Å². The van der Waals surface area contributed by atoms with Crippen LogP contribution in [0.5, 0.6) is 0 Å². The first-order chi connectivity index (χ1) is 11.1. The molecule has 4 nitrogen and oxygen atoms in total. The molecule has 0 unspecified atom stereocenters. The molecule has 0 bridgehead atoms. The first kappa shape index (κ1) is 14.6. The van der Waals surface area contributed by atoms with E-state index in [0.717, 1.165) is 21.1 Å². The summed E-state index contributed by atoms with van der Waals surface area (Å²) >= 11 is 13.7. The Hall–Kier alpha value is -1.95. The quantitative estimate of drug-likeness (QED) is 0.497. The van der Waals surface area contributed by atoms with Gasteiger partial charge >= 0.3 is 0 Å². The Morgan fingerprint density at radius 2 is 1.83 bits per heavy atom. The molecule has 2 heterocycles. The SMILES string of the molecule is Cc1ccccc1-c1nn2c(-c3ccc(Cl)cc3Cl)nnc2s1. The van der Waals surface area contributed by atoms with Crippen molar-refractivity contribution in [3.8, 4) is 22.0 Å². The van der Waals surface area contributed by atoms with E-state index >= 15 is 0 Å². The van der Waals surface area contributed by atoms with Gasteiger partial charge in [-0.1, -0.05) is 58.8 Å². The molecule has 2 aromatic carbocycles. The van der Waals surface area contributed by atoms with Gasteiger partial charge in [-0.3, -0.25) is 0 Å². The number of hydrogen-bond acceptors (Lipinski definition) is 4. The van der Waals surface area contributed by atoms with E-state index in [9.17, 15) is 0 Å². The molecule has 23 heavy (non-hydrogen) atoms. The zero-order valence-corrected chi connectivity index (χ0v) is 14.3. The summed E-state index contributed by atoms with van der Waals surface area (Å²) in [5.41, 5.74) is 3.02. The van der Waals surface area contributed by atoms with E-state index in [1.165, 1.54) is 16.9 Å². The van der Waals surface area contributed by atoms with Gasteiger partial charge in [-0.25, -0.2) is 0 Å². The van der Waals surface area contributed by atoms with Crippen molar-refractivity contribution in [3.05, 3.63) is 58.1 Å². The van der Waals surface area contributed by atoms with Gasteiger partial charge in [-0.2, -0.15) is 9.61 Å². The third-order valence-electron chi connectivity index (χ3n) is 3.54. The molecule has 0 atom stereocenters. The molecule has 7 heteroatoms. The van der Waals surface area contributed by atoms with E-state index in [-0.39, 0.29) is 0 Å². The average molecular weight is 361 g/mol. The van der Waals surface area contributed by atoms with E-state index in [1.807, 2.05) is 18.2 Å². The summed E-state index contributed by atoms with van der Waals surface area (Å²) in [7, 11) is 0. The maximum Gasteiger partial charge on any atom is 0.235 e. The van der Waals surface area contributed by atoms with Crippen molar-refractivity contribution in [3.63, 3.8) is 0 Å². The van der Waals surface area contributed by atoms with Crippen LogP contribution in [0.2, 0.25) is 10.0 Å². The first-order valence-electron chi connectivity index (χ1n) is 6.87. The second-order valence-electron chi connectivity index (χ2n) is 5.06. The van der Waals surface area contributed by atoms with Crippen LogP contribution in [0.3, 0.4) is 0 Å². The van der Waals surface area contributed by atoms with Gasteiger partial charge in [0.25, 0.3) is 0 Å². The predicted octanol–water partition coefficient (Wildman–Crippen LogP) is 5.14. The van der Waals surface area contributed by atoms with E-state index in [1.54, 1.807) is 16.6 Å². The molecule has 0 fully saturated rings. The number of rotatable bonds is 2. The molecule has 4 rings (SSSR count). The van der Waals surface area contributed by atoms with Crippen LogP contribution in [0, 0.1) is 6.92 Å². The van der Waals surface area contributed by atoms with Gasteiger partial charge in [0.2, 0.25) is 4.96 Å². The minimum absolute atomic E-state index is 0.525. The highest BCUT2D eigenvalue weighted by atomic mass is 35.5. The molecular formula is C16H10Cl2N4S. The Bertz CT molecular complexity index is 1020. The van der Waals surface area contributed by atoms with Crippen LogP contribution in [0.4, 0.5) is 0 Å². The molecule has 0 saturated carbocycles. The minimum Gasteiger partial charge on any atom is -0.182 e. The lowest BCUT2D eigenvalue weighted by Crippen LogP contribution is -1.92. The Balaban J connectivity index is 1.89. The number of hydrogen-bond donors (Lipinski definition) is 0. The van der Waals surface area contributed by atoms with Crippen LogP contribution in [-0.4, -0.2) is 19.8 Å². The maximum absolute atomic E-state index is 6.28. The summed E-state index contributed by atoms with van der Waals surface area (Å²) in [6.45, 7) is 2.06. The van der Waals surface area contributed by atoms with Crippen molar-refractivity contribution in [2.24, 2.45) is 0 Å². The summed E-state index contributed by atoms with van der Waals surface area (Å²) in [6.07, 6.45) is 0. The summed E-state index contributed by atoms with van der Waals surface area (Å²) in [6, 6.07) is 13.4. The smallest absolute Gasteiger partial charge is 0.182 e. The lowest BCUT2D eigenvalue weighted by molar-refractivity contribution is 0.970. The highest BCUT2D eigenvalue weighted by Crippen LogP contribution is 2.33. The topological polar surface area (TPSA) is 43.1 Å². The number of aryl methyl sites for hydroxylation is 1. The molecule has 0 aliphatic carbocycles. The van der Waals surface area contributed by atoms with Crippen LogP contribution in [-0.2, 0) is 0 Å². The number of fused-ring (bicyclic) bond motifs is 1. The van der Waals surface area contributed by atoms with E-state index < -0.39 is 0 Å². The zero-order valence-electron chi connectivity index (χ0n) is 12.0. The van der Waals surface area contributed by atoms with Crippen molar-refractivity contribution in [2.45, 2.75) is 6.92 Å². The van der Waals surface area contributed by atoms with Crippen LogP contribution in [0.25, 0.3) is 26.9 Å². The molecule has 0 N–H and O–H groups in total. The lowest BCUT2D eigenvalue weighted by Gasteiger charge is -2.02. The largest absolute Gasteiger partial charge is 0.235 e. The normalized spacial score (nSPS) is 11.3. The molecule has 0 spiro atoms. The van der Waals surface area contributed by atoms with Crippen molar-refractivity contribution in [1.82, 2.24) is 19.8 Å². The van der Waals surface area contributed by atoms with Crippen molar-refractivity contribution < 1.29 is 0 Å². The van der Waals surface area contributed by atoms with Gasteiger partial charge in [-0.15, -0.1) is 10.2 Å². The summed E-state index contributed by atoms with van der Waals surface area (Å²) in [5, 5.41) is 15.1. The molecule has 0 saturated heterocycles. The highest BCUT2D eigenvalue weighted by molar-refractivity contribution is 7.19. The van der Waals surface area contributed by atoms with Gasteiger partial charge in [0.05, 0.1) is 5.02 Å². The van der Waals surface area contributed by atoms with E-state index in [2.05, 4.69) is 34.4 Å². The van der Waals surface area contributed by atoms with Crippen molar-refractivity contribution >= 4 is 39.5 Å².